The van der Waals surface area contributed by atoms with Crippen LogP contribution < -0.4 is 0 Å². The average molecular weight is 443 g/mol. The Morgan fingerprint density at radius 3 is 1.71 bits per heavy atom. The predicted molar refractivity (Wildman–Crippen MR) is 113 cm³/mol. The summed E-state index contributed by atoms with van der Waals surface area (Å²) in [6, 6.07) is 0. The Kier molecular flexibility index (Phi) is 14.6. The van der Waals surface area contributed by atoms with Gasteiger partial charge >= 0.3 is 157 Å². The molecule has 0 amide bonds. The molecule has 1 N–H and O–H groups in total. The van der Waals surface area contributed by atoms with Gasteiger partial charge in [0.2, 0.25) is 0 Å². The first-order valence-corrected chi connectivity index (χ1v) is 18.1. The monoisotopic (exact) mass is 444 g/mol. The first-order valence-electron chi connectivity index (χ1n) is 10.4. The van der Waals surface area contributed by atoms with Crippen LogP contribution in [0.3, 0.4) is 0 Å². The zero-order chi connectivity index (χ0) is 18.4. The third-order valence-electron chi connectivity index (χ3n) is 5.31. The minimum atomic E-state index is -2.20. The van der Waals surface area contributed by atoms with E-state index < -0.39 is 18.4 Å². The van der Waals surface area contributed by atoms with E-state index in [4.69, 9.17) is 0 Å². The Hall–Kier alpha value is 0.239. The van der Waals surface area contributed by atoms with E-state index in [1.807, 2.05) is 0 Å². The third kappa shape index (κ3) is 10.3. The molecule has 0 aliphatic heterocycles. The quantitative estimate of drug-likeness (QED) is 0.208. The summed E-state index contributed by atoms with van der Waals surface area (Å²) in [7, 11) is 0. The van der Waals surface area contributed by atoms with Crippen LogP contribution in [-0.2, 0) is 0 Å². The van der Waals surface area contributed by atoms with Gasteiger partial charge in [0.1, 0.15) is 0 Å². The van der Waals surface area contributed by atoms with Crippen LogP contribution >= 0.6 is 0 Å². The van der Waals surface area contributed by atoms with Gasteiger partial charge in [-0.05, 0) is 0 Å². The van der Waals surface area contributed by atoms with E-state index in [1.54, 1.807) is 18.9 Å². The zero-order valence-corrected chi connectivity index (χ0v) is 20.1. The number of unbranched alkanes of at least 4 members (excludes halogenated alkanes) is 3. The van der Waals surface area contributed by atoms with E-state index in [2.05, 4.69) is 45.3 Å². The van der Waals surface area contributed by atoms with Crippen LogP contribution in [0, 0.1) is 5.92 Å². The molecule has 0 rings (SSSR count). The van der Waals surface area contributed by atoms with Crippen LogP contribution in [0.4, 0.5) is 0 Å². The van der Waals surface area contributed by atoms with Crippen molar-refractivity contribution in [3.63, 3.8) is 0 Å². The van der Waals surface area contributed by atoms with Gasteiger partial charge in [-0.25, -0.2) is 0 Å². The normalized spacial score (nSPS) is 12.9. The Morgan fingerprint density at radius 2 is 1.38 bits per heavy atom. The molecule has 0 aromatic carbocycles. The molecule has 0 spiro atoms. The number of rotatable bonds is 15. The van der Waals surface area contributed by atoms with Gasteiger partial charge in [0.05, 0.1) is 0 Å². The van der Waals surface area contributed by atoms with Crippen molar-refractivity contribution in [2.75, 3.05) is 6.61 Å². The SMILES string of the molecule is C=C(CO)CC/C(=[CH]\[Sn]([CH2]CCC)([CH2]CCC)[CH2]CCC)C(C)C. The molecule has 2 heteroatoms. The third-order valence-corrected chi connectivity index (χ3v) is 19.7. The summed E-state index contributed by atoms with van der Waals surface area (Å²) in [5.41, 5.74) is 2.65. The first kappa shape index (κ1) is 24.2. The fraction of sp³-hybridized carbons (Fsp3) is 0.818. The summed E-state index contributed by atoms with van der Waals surface area (Å²) >= 11 is -2.20. The molecular weight excluding hydrogens is 399 g/mol. The van der Waals surface area contributed by atoms with Gasteiger partial charge in [-0.2, -0.15) is 0 Å². The van der Waals surface area contributed by atoms with Crippen molar-refractivity contribution in [2.45, 2.75) is 99.3 Å². The number of hydrogen-bond acceptors (Lipinski definition) is 1. The van der Waals surface area contributed by atoms with Crippen molar-refractivity contribution in [1.82, 2.24) is 0 Å². The maximum absolute atomic E-state index is 9.26. The molecule has 142 valence electrons. The predicted octanol–water partition coefficient (Wildman–Crippen LogP) is 7.29. The fourth-order valence-corrected chi connectivity index (χ4v) is 19.5. The number of aliphatic hydroxyl groups excluding tert-OH is 1. The fourth-order valence-electron chi connectivity index (χ4n) is 3.50. The van der Waals surface area contributed by atoms with Crippen LogP contribution in [0.5, 0.6) is 0 Å². The summed E-state index contributed by atoms with van der Waals surface area (Å²) in [5.74, 6) is 0.637. The van der Waals surface area contributed by atoms with Crippen LogP contribution in [0.25, 0.3) is 0 Å². The number of aliphatic hydroxyl groups is 1. The zero-order valence-electron chi connectivity index (χ0n) is 17.3. The van der Waals surface area contributed by atoms with Gasteiger partial charge < -0.3 is 0 Å². The van der Waals surface area contributed by atoms with E-state index in [9.17, 15) is 5.11 Å². The number of hydrogen-bond donors (Lipinski definition) is 1. The summed E-state index contributed by atoms with van der Waals surface area (Å²) < 4.78 is 7.51. The van der Waals surface area contributed by atoms with Crippen molar-refractivity contribution in [2.24, 2.45) is 5.92 Å². The van der Waals surface area contributed by atoms with E-state index in [-0.39, 0.29) is 6.61 Å². The Balaban J connectivity index is 5.41. The van der Waals surface area contributed by atoms with Gasteiger partial charge in [0.15, 0.2) is 0 Å². The second-order valence-corrected chi connectivity index (χ2v) is 20.8. The molecule has 0 fully saturated rings. The van der Waals surface area contributed by atoms with E-state index in [0.717, 1.165) is 18.4 Å². The molecule has 0 heterocycles. The van der Waals surface area contributed by atoms with Gasteiger partial charge in [-0.3, -0.25) is 0 Å². The van der Waals surface area contributed by atoms with Crippen LogP contribution in [0.15, 0.2) is 21.8 Å². The van der Waals surface area contributed by atoms with Gasteiger partial charge in [0, 0.05) is 0 Å². The molecule has 0 saturated carbocycles. The Labute approximate surface area is 156 Å². The van der Waals surface area contributed by atoms with Crippen molar-refractivity contribution in [3.8, 4) is 0 Å². The molecule has 0 saturated heterocycles. The topological polar surface area (TPSA) is 20.2 Å². The maximum atomic E-state index is 9.26. The summed E-state index contributed by atoms with van der Waals surface area (Å²) in [6.45, 7) is 15.9. The molecule has 0 aromatic rings. The molecule has 1 nitrogen and oxygen atoms in total. The van der Waals surface area contributed by atoms with Gasteiger partial charge in [-0.15, -0.1) is 0 Å². The summed E-state index contributed by atoms with van der Waals surface area (Å²) in [4.78, 5) is 0. The van der Waals surface area contributed by atoms with E-state index >= 15 is 0 Å². The molecule has 24 heavy (non-hydrogen) atoms. The van der Waals surface area contributed by atoms with Crippen molar-refractivity contribution in [1.29, 1.82) is 0 Å². The van der Waals surface area contributed by atoms with E-state index in [0.29, 0.717) is 5.92 Å². The molecule has 0 radical (unpaired) electrons. The van der Waals surface area contributed by atoms with Gasteiger partial charge in [-0.1, -0.05) is 0 Å². The molecule has 0 aliphatic carbocycles. The van der Waals surface area contributed by atoms with Gasteiger partial charge in [0.25, 0.3) is 0 Å². The van der Waals surface area contributed by atoms with Crippen LogP contribution in [0.1, 0.15) is 86.0 Å². The second-order valence-electron chi connectivity index (χ2n) is 7.96. The Bertz CT molecular complexity index is 335. The summed E-state index contributed by atoms with van der Waals surface area (Å²) in [5, 5.41) is 9.26. The molecular formula is C22H44OSn. The minimum absolute atomic E-state index is 0.140. The molecule has 0 unspecified atom stereocenters. The van der Waals surface area contributed by atoms with Crippen molar-refractivity contribution in [3.05, 3.63) is 21.8 Å². The van der Waals surface area contributed by atoms with Crippen molar-refractivity contribution < 1.29 is 5.11 Å². The average Bonchev–Trinajstić information content (AvgIpc) is 2.58. The Morgan fingerprint density at radius 1 is 0.917 bits per heavy atom. The molecule has 0 aromatic heterocycles. The van der Waals surface area contributed by atoms with Crippen LogP contribution in [0.2, 0.25) is 13.3 Å². The second kappa shape index (κ2) is 14.4. The van der Waals surface area contributed by atoms with E-state index in [1.165, 1.54) is 38.5 Å². The molecule has 0 atom stereocenters. The molecule has 0 bridgehead atoms. The van der Waals surface area contributed by atoms with Crippen molar-refractivity contribution >= 4 is 18.4 Å². The molecule has 0 aliphatic rings. The first-order chi connectivity index (χ1) is 11.4. The number of allylic oxidation sites excluding steroid dienone is 1. The standard InChI is InChI=1S/C10H17O.3C4H9.Sn/c1-8(2)10(4)6-5-9(3)7-11;3*1-3-4-2;/h4,8,11H,3,5-7H2,1-2H3;3*1,3-4H2,2H3;. The summed E-state index contributed by atoms with van der Waals surface area (Å²) in [6.07, 6.45) is 10.4. The van der Waals surface area contributed by atoms with Crippen LogP contribution in [-0.4, -0.2) is 30.1 Å².